The van der Waals surface area contributed by atoms with Crippen LogP contribution in [0, 0.1) is 0 Å². The van der Waals surface area contributed by atoms with Crippen molar-refractivity contribution in [3.05, 3.63) is 29.8 Å². The minimum atomic E-state index is -3.69. The molecule has 1 aliphatic rings. The molecule has 0 radical (unpaired) electrons. The average Bonchev–Trinajstić information content (AvgIpc) is 3.18. The number of methoxy groups -OCH3 is 1. The van der Waals surface area contributed by atoms with E-state index in [2.05, 4.69) is 10.0 Å². The van der Waals surface area contributed by atoms with Crippen LogP contribution in [-0.4, -0.2) is 65.9 Å². The average molecular weight is 414 g/mol. The Morgan fingerprint density at radius 1 is 1.29 bits per heavy atom. The van der Waals surface area contributed by atoms with Crippen molar-refractivity contribution >= 4 is 21.9 Å². The Balaban J connectivity index is 1.85. The fourth-order valence-corrected chi connectivity index (χ4v) is 3.75. The van der Waals surface area contributed by atoms with Crippen LogP contribution in [0.3, 0.4) is 0 Å². The van der Waals surface area contributed by atoms with Crippen LogP contribution in [-0.2, 0) is 29.0 Å². The largest absolute Gasteiger partial charge is 0.452 e. The molecular weight excluding hydrogens is 388 g/mol. The van der Waals surface area contributed by atoms with E-state index in [1.807, 2.05) is 0 Å². The predicted molar refractivity (Wildman–Crippen MR) is 100 cm³/mol. The minimum Gasteiger partial charge on any atom is -0.452 e. The highest BCUT2D eigenvalue weighted by Crippen LogP contribution is 2.14. The van der Waals surface area contributed by atoms with E-state index in [9.17, 15) is 18.0 Å². The highest BCUT2D eigenvalue weighted by Gasteiger charge is 2.21. The van der Waals surface area contributed by atoms with Crippen molar-refractivity contribution in [3.8, 4) is 0 Å². The second-order valence-corrected chi connectivity index (χ2v) is 8.28. The van der Waals surface area contributed by atoms with Crippen molar-refractivity contribution in [2.75, 3.05) is 33.5 Å². The summed E-state index contributed by atoms with van der Waals surface area (Å²) in [5.41, 5.74) is 0.149. The summed E-state index contributed by atoms with van der Waals surface area (Å²) in [5.74, 6) is -1.17. The van der Waals surface area contributed by atoms with Crippen LogP contribution < -0.4 is 10.0 Å². The fourth-order valence-electron chi connectivity index (χ4n) is 2.68. The van der Waals surface area contributed by atoms with Gasteiger partial charge in [0.25, 0.3) is 5.91 Å². The molecule has 156 valence electrons. The standard InChI is InChI=1S/C18H26N2O7S/c1-13(11-25-2)20-17(21)12-27-18(22)14-5-7-16(8-6-14)28(23,24)19-10-15-4-3-9-26-15/h5-8,13,15,19H,3-4,9-12H2,1-2H3,(H,20,21). The molecule has 1 aromatic carbocycles. The Morgan fingerprint density at radius 3 is 2.61 bits per heavy atom. The summed E-state index contributed by atoms with van der Waals surface area (Å²) in [4.78, 5) is 23.7. The number of nitrogens with one attached hydrogen (secondary N) is 2. The number of hydrogen-bond donors (Lipinski definition) is 2. The van der Waals surface area contributed by atoms with Crippen LogP contribution in [0.2, 0.25) is 0 Å². The monoisotopic (exact) mass is 414 g/mol. The molecular formula is C18H26N2O7S. The number of carbonyl (C=O) groups excluding carboxylic acids is 2. The van der Waals surface area contributed by atoms with Gasteiger partial charge < -0.3 is 19.5 Å². The number of hydrogen-bond acceptors (Lipinski definition) is 7. The third kappa shape index (κ3) is 6.86. The molecule has 2 unspecified atom stereocenters. The van der Waals surface area contributed by atoms with E-state index in [-0.39, 0.29) is 29.1 Å². The van der Waals surface area contributed by atoms with Gasteiger partial charge in [0.2, 0.25) is 10.0 Å². The SMILES string of the molecule is COCC(C)NC(=O)COC(=O)c1ccc(S(=O)(=O)NCC2CCCO2)cc1. The maximum Gasteiger partial charge on any atom is 0.338 e. The van der Waals surface area contributed by atoms with Crippen LogP contribution in [0.15, 0.2) is 29.2 Å². The molecule has 9 nitrogen and oxygen atoms in total. The molecule has 0 spiro atoms. The molecule has 1 aliphatic heterocycles. The van der Waals surface area contributed by atoms with E-state index in [4.69, 9.17) is 14.2 Å². The van der Waals surface area contributed by atoms with Crippen LogP contribution in [0.4, 0.5) is 0 Å². The third-order valence-corrected chi connectivity index (χ3v) is 5.52. The lowest BCUT2D eigenvalue weighted by Crippen LogP contribution is -2.38. The molecule has 2 atom stereocenters. The van der Waals surface area contributed by atoms with Gasteiger partial charge in [-0.25, -0.2) is 17.9 Å². The van der Waals surface area contributed by atoms with Crippen molar-refractivity contribution in [2.24, 2.45) is 0 Å². The van der Waals surface area contributed by atoms with E-state index in [1.54, 1.807) is 6.92 Å². The molecule has 1 fully saturated rings. The van der Waals surface area contributed by atoms with Gasteiger partial charge in [-0.15, -0.1) is 0 Å². The molecule has 0 aliphatic carbocycles. The van der Waals surface area contributed by atoms with Crippen LogP contribution in [0.1, 0.15) is 30.1 Å². The second kappa shape index (κ2) is 10.5. The van der Waals surface area contributed by atoms with Crippen molar-refractivity contribution in [2.45, 2.75) is 36.8 Å². The fraction of sp³-hybridized carbons (Fsp3) is 0.556. The predicted octanol–water partition coefficient (Wildman–Crippen LogP) is 0.452. The number of carbonyl (C=O) groups is 2. The van der Waals surface area contributed by atoms with Gasteiger partial charge in [-0.1, -0.05) is 0 Å². The normalized spacial score (nSPS) is 17.9. The van der Waals surface area contributed by atoms with Gasteiger partial charge in [0.1, 0.15) is 0 Å². The van der Waals surface area contributed by atoms with E-state index < -0.39 is 28.5 Å². The molecule has 0 aromatic heterocycles. The smallest absolute Gasteiger partial charge is 0.338 e. The second-order valence-electron chi connectivity index (χ2n) is 6.51. The van der Waals surface area contributed by atoms with Gasteiger partial charge in [-0.05, 0) is 44.0 Å². The van der Waals surface area contributed by atoms with E-state index in [1.165, 1.54) is 31.4 Å². The van der Waals surface area contributed by atoms with Crippen LogP contribution >= 0.6 is 0 Å². The third-order valence-electron chi connectivity index (χ3n) is 4.08. The summed E-state index contributed by atoms with van der Waals surface area (Å²) in [5, 5.41) is 2.61. The molecule has 0 saturated carbocycles. The first kappa shape index (κ1) is 22.3. The van der Waals surface area contributed by atoms with E-state index >= 15 is 0 Å². The number of benzene rings is 1. The zero-order valence-electron chi connectivity index (χ0n) is 16.0. The molecule has 1 saturated heterocycles. The van der Waals surface area contributed by atoms with Gasteiger partial charge in [0.05, 0.1) is 23.2 Å². The van der Waals surface area contributed by atoms with Crippen LogP contribution in [0.5, 0.6) is 0 Å². The van der Waals surface area contributed by atoms with Gasteiger partial charge >= 0.3 is 5.97 Å². The Kier molecular flexibility index (Phi) is 8.36. The summed E-state index contributed by atoms with van der Waals surface area (Å²) >= 11 is 0. The summed E-state index contributed by atoms with van der Waals surface area (Å²) < 4.78 is 42.3. The lowest BCUT2D eigenvalue weighted by Gasteiger charge is -2.13. The van der Waals surface area contributed by atoms with Crippen molar-refractivity contribution in [1.29, 1.82) is 0 Å². The van der Waals surface area contributed by atoms with Gasteiger partial charge in [0, 0.05) is 26.3 Å². The van der Waals surface area contributed by atoms with Crippen LogP contribution in [0.25, 0.3) is 0 Å². The molecule has 1 amide bonds. The van der Waals surface area contributed by atoms with Crippen molar-refractivity contribution < 1.29 is 32.2 Å². The zero-order chi connectivity index (χ0) is 20.6. The number of amides is 1. The first-order chi connectivity index (χ1) is 13.3. The Morgan fingerprint density at radius 2 is 2.00 bits per heavy atom. The number of esters is 1. The Labute approximate surface area is 164 Å². The Hall–Kier alpha value is -2.01. The Bertz CT molecular complexity index is 759. The first-order valence-corrected chi connectivity index (χ1v) is 10.5. The molecule has 1 aromatic rings. The van der Waals surface area contributed by atoms with Crippen molar-refractivity contribution in [1.82, 2.24) is 10.0 Å². The summed E-state index contributed by atoms with van der Waals surface area (Å²) in [6, 6.07) is 5.11. The van der Waals surface area contributed by atoms with Gasteiger partial charge in [-0.3, -0.25) is 4.79 Å². The van der Waals surface area contributed by atoms with Gasteiger partial charge in [0.15, 0.2) is 6.61 Å². The summed E-state index contributed by atoms with van der Waals surface area (Å²) in [6.07, 6.45) is 1.64. The topological polar surface area (TPSA) is 120 Å². The highest BCUT2D eigenvalue weighted by molar-refractivity contribution is 7.89. The number of rotatable bonds is 10. The first-order valence-electron chi connectivity index (χ1n) is 8.98. The highest BCUT2D eigenvalue weighted by atomic mass is 32.2. The van der Waals surface area contributed by atoms with E-state index in [0.29, 0.717) is 13.2 Å². The van der Waals surface area contributed by atoms with E-state index in [0.717, 1.165) is 12.8 Å². The number of ether oxygens (including phenoxy) is 3. The summed E-state index contributed by atoms with van der Waals surface area (Å²) in [6.45, 7) is 2.52. The summed E-state index contributed by atoms with van der Waals surface area (Å²) in [7, 11) is -2.17. The molecule has 1 heterocycles. The number of sulfonamides is 1. The van der Waals surface area contributed by atoms with Gasteiger partial charge in [-0.2, -0.15) is 0 Å². The molecule has 2 rings (SSSR count). The zero-order valence-corrected chi connectivity index (χ0v) is 16.8. The lowest BCUT2D eigenvalue weighted by atomic mass is 10.2. The molecule has 28 heavy (non-hydrogen) atoms. The molecule has 10 heteroatoms. The molecule has 0 bridgehead atoms. The molecule has 2 N–H and O–H groups in total. The minimum absolute atomic E-state index is 0.0354. The van der Waals surface area contributed by atoms with Crippen molar-refractivity contribution in [3.63, 3.8) is 0 Å². The maximum absolute atomic E-state index is 12.3. The maximum atomic E-state index is 12.3. The lowest BCUT2D eigenvalue weighted by molar-refractivity contribution is -0.125. The quantitative estimate of drug-likeness (QED) is 0.534.